The summed E-state index contributed by atoms with van der Waals surface area (Å²) in [6, 6.07) is 10.4. The van der Waals surface area contributed by atoms with Gasteiger partial charge >= 0.3 is 0 Å². The summed E-state index contributed by atoms with van der Waals surface area (Å²) in [5, 5.41) is 0. The van der Waals surface area contributed by atoms with Crippen molar-refractivity contribution < 1.29 is 14.3 Å². The van der Waals surface area contributed by atoms with E-state index in [2.05, 4.69) is 32.0 Å². The highest BCUT2D eigenvalue weighted by Crippen LogP contribution is 2.33. The predicted molar refractivity (Wildman–Crippen MR) is 105 cm³/mol. The summed E-state index contributed by atoms with van der Waals surface area (Å²) >= 11 is 1.60. The predicted octanol–water partition coefficient (Wildman–Crippen LogP) is 4.00. The van der Waals surface area contributed by atoms with Gasteiger partial charge in [0.05, 0.1) is 20.0 Å². The molecule has 0 spiro atoms. The number of carbonyl (C=O) groups excluding carboxylic acids is 1. The van der Waals surface area contributed by atoms with Gasteiger partial charge in [0.25, 0.3) is 0 Å². The summed E-state index contributed by atoms with van der Waals surface area (Å²) in [6.45, 7) is 5.57. The average Bonchev–Trinajstić information content (AvgIpc) is 2.66. The van der Waals surface area contributed by atoms with Gasteiger partial charge in [-0.3, -0.25) is 4.79 Å². The van der Waals surface area contributed by atoms with Crippen molar-refractivity contribution >= 4 is 17.7 Å². The molecule has 0 aromatic heterocycles. The third kappa shape index (κ3) is 3.98. The Balaban J connectivity index is 1.66. The number of ether oxygens (including phenoxy) is 2. The second-order valence-electron chi connectivity index (χ2n) is 6.58. The second kappa shape index (κ2) is 8.04. The van der Waals surface area contributed by atoms with E-state index in [4.69, 9.17) is 9.47 Å². The lowest BCUT2D eigenvalue weighted by Gasteiger charge is -2.29. The van der Waals surface area contributed by atoms with Crippen LogP contribution in [0.5, 0.6) is 11.5 Å². The van der Waals surface area contributed by atoms with Crippen LogP contribution in [0.15, 0.2) is 35.2 Å². The van der Waals surface area contributed by atoms with Crippen LogP contribution in [0, 0.1) is 13.8 Å². The molecule has 1 aliphatic rings. The van der Waals surface area contributed by atoms with Crippen LogP contribution in [0.4, 0.5) is 0 Å². The SMILES string of the molecule is COc1cc2c(cc1OC)CN(C(=O)CSc1ccc(C)c(C)c1)CC2. The highest BCUT2D eigenvalue weighted by Gasteiger charge is 2.22. The number of benzene rings is 2. The van der Waals surface area contributed by atoms with Crippen molar-refractivity contribution in [2.45, 2.75) is 31.7 Å². The van der Waals surface area contributed by atoms with E-state index in [0.717, 1.165) is 29.2 Å². The fourth-order valence-electron chi connectivity index (χ4n) is 3.14. The molecule has 0 bridgehead atoms. The number of nitrogens with zero attached hydrogens (tertiary/aromatic N) is 1. The van der Waals surface area contributed by atoms with Crippen LogP contribution in [0.1, 0.15) is 22.3 Å². The van der Waals surface area contributed by atoms with Crippen molar-refractivity contribution in [3.8, 4) is 11.5 Å². The molecule has 4 nitrogen and oxygen atoms in total. The second-order valence-corrected chi connectivity index (χ2v) is 7.62. The molecule has 0 aliphatic carbocycles. The molecule has 0 radical (unpaired) electrons. The van der Waals surface area contributed by atoms with Crippen LogP contribution in [0.3, 0.4) is 0 Å². The highest BCUT2D eigenvalue weighted by molar-refractivity contribution is 8.00. The average molecular weight is 372 g/mol. The quantitative estimate of drug-likeness (QED) is 0.745. The maximum Gasteiger partial charge on any atom is 0.233 e. The molecular weight excluding hydrogens is 346 g/mol. The number of rotatable bonds is 5. The van der Waals surface area contributed by atoms with Crippen molar-refractivity contribution in [2.75, 3.05) is 26.5 Å². The zero-order valence-electron chi connectivity index (χ0n) is 15.8. The Morgan fingerprint density at radius 3 is 2.38 bits per heavy atom. The molecule has 0 unspecified atom stereocenters. The van der Waals surface area contributed by atoms with Crippen molar-refractivity contribution in [1.29, 1.82) is 0 Å². The first-order valence-electron chi connectivity index (χ1n) is 8.73. The van der Waals surface area contributed by atoms with Gasteiger partial charge in [-0.15, -0.1) is 11.8 Å². The number of fused-ring (bicyclic) bond motifs is 1. The number of thioether (sulfide) groups is 1. The molecule has 138 valence electrons. The van der Waals surface area contributed by atoms with Crippen molar-refractivity contribution in [1.82, 2.24) is 4.90 Å². The Labute approximate surface area is 159 Å². The van der Waals surface area contributed by atoms with Crippen molar-refractivity contribution in [3.63, 3.8) is 0 Å². The summed E-state index contributed by atoms with van der Waals surface area (Å²) in [4.78, 5) is 15.7. The number of hydrogen-bond donors (Lipinski definition) is 0. The van der Waals surface area contributed by atoms with E-state index in [1.807, 2.05) is 17.0 Å². The molecule has 1 heterocycles. The lowest BCUT2D eigenvalue weighted by atomic mass is 9.99. The molecular formula is C21H25NO3S. The van der Waals surface area contributed by atoms with Crippen LogP contribution in [0.25, 0.3) is 0 Å². The van der Waals surface area contributed by atoms with Crippen LogP contribution in [0.2, 0.25) is 0 Å². The Kier molecular flexibility index (Phi) is 5.77. The smallest absolute Gasteiger partial charge is 0.233 e. The topological polar surface area (TPSA) is 38.8 Å². The van der Waals surface area contributed by atoms with Gasteiger partial charge in [0, 0.05) is 18.0 Å². The summed E-state index contributed by atoms with van der Waals surface area (Å²) in [7, 11) is 3.28. The number of amides is 1. The number of carbonyl (C=O) groups is 1. The normalized spacial score (nSPS) is 13.3. The van der Waals surface area contributed by atoms with Crippen LogP contribution >= 0.6 is 11.8 Å². The van der Waals surface area contributed by atoms with Gasteiger partial charge in [-0.05, 0) is 66.8 Å². The minimum Gasteiger partial charge on any atom is -0.493 e. The summed E-state index contributed by atoms with van der Waals surface area (Å²) in [6.07, 6.45) is 0.843. The Hall–Kier alpha value is -2.14. The van der Waals surface area contributed by atoms with Crippen molar-refractivity contribution in [3.05, 3.63) is 52.6 Å². The van der Waals surface area contributed by atoms with E-state index in [1.54, 1.807) is 26.0 Å². The van der Waals surface area contributed by atoms with E-state index in [0.29, 0.717) is 18.0 Å². The third-order valence-corrected chi connectivity index (χ3v) is 5.89. The van der Waals surface area contributed by atoms with Gasteiger partial charge in [0.1, 0.15) is 0 Å². The van der Waals surface area contributed by atoms with E-state index in [-0.39, 0.29) is 5.91 Å². The monoisotopic (exact) mass is 371 g/mol. The number of aryl methyl sites for hydroxylation is 2. The van der Waals surface area contributed by atoms with Crippen molar-refractivity contribution in [2.24, 2.45) is 0 Å². The minimum absolute atomic E-state index is 0.175. The van der Waals surface area contributed by atoms with E-state index >= 15 is 0 Å². The third-order valence-electron chi connectivity index (χ3n) is 4.91. The Morgan fingerprint density at radius 1 is 1.04 bits per heavy atom. The lowest BCUT2D eigenvalue weighted by Crippen LogP contribution is -2.37. The first kappa shape index (κ1) is 18.6. The largest absolute Gasteiger partial charge is 0.493 e. The lowest BCUT2D eigenvalue weighted by molar-refractivity contribution is -0.129. The molecule has 0 fully saturated rings. The zero-order chi connectivity index (χ0) is 18.7. The molecule has 2 aromatic carbocycles. The molecule has 0 atom stereocenters. The van der Waals surface area contributed by atoms with Gasteiger partial charge < -0.3 is 14.4 Å². The molecule has 0 N–H and O–H groups in total. The van der Waals surface area contributed by atoms with Crippen LogP contribution in [-0.2, 0) is 17.8 Å². The maximum atomic E-state index is 12.7. The standard InChI is InChI=1S/C21H25NO3S/c1-14-5-6-18(9-15(14)2)26-13-21(23)22-8-7-16-10-19(24-3)20(25-4)11-17(16)12-22/h5-6,9-11H,7-8,12-13H2,1-4H3. The summed E-state index contributed by atoms with van der Waals surface area (Å²) < 4.78 is 10.8. The minimum atomic E-state index is 0.175. The summed E-state index contributed by atoms with van der Waals surface area (Å²) in [5.74, 6) is 2.10. The fourth-order valence-corrected chi connectivity index (χ4v) is 4.03. The Morgan fingerprint density at radius 2 is 1.73 bits per heavy atom. The van der Waals surface area contributed by atoms with Gasteiger partial charge in [-0.25, -0.2) is 0 Å². The molecule has 0 saturated carbocycles. The molecule has 26 heavy (non-hydrogen) atoms. The maximum absolute atomic E-state index is 12.7. The fraction of sp³-hybridized carbons (Fsp3) is 0.381. The zero-order valence-corrected chi connectivity index (χ0v) is 16.6. The van der Waals surface area contributed by atoms with E-state index < -0.39 is 0 Å². The molecule has 1 amide bonds. The summed E-state index contributed by atoms with van der Waals surface area (Å²) in [5.41, 5.74) is 4.90. The van der Waals surface area contributed by atoms with Gasteiger partial charge in [-0.1, -0.05) is 6.07 Å². The molecule has 2 aromatic rings. The van der Waals surface area contributed by atoms with Crippen LogP contribution in [-0.4, -0.2) is 37.3 Å². The highest BCUT2D eigenvalue weighted by atomic mass is 32.2. The van der Waals surface area contributed by atoms with Gasteiger partial charge in [-0.2, -0.15) is 0 Å². The van der Waals surface area contributed by atoms with E-state index in [1.165, 1.54) is 16.7 Å². The molecule has 5 heteroatoms. The molecule has 0 saturated heterocycles. The first-order valence-corrected chi connectivity index (χ1v) is 9.72. The van der Waals surface area contributed by atoms with Gasteiger partial charge in [0.15, 0.2) is 11.5 Å². The number of methoxy groups -OCH3 is 2. The van der Waals surface area contributed by atoms with E-state index in [9.17, 15) is 4.79 Å². The molecule has 1 aliphatic heterocycles. The first-order chi connectivity index (χ1) is 12.5. The Bertz CT molecular complexity index is 819. The van der Waals surface area contributed by atoms with Gasteiger partial charge in [0.2, 0.25) is 5.91 Å². The number of hydrogen-bond acceptors (Lipinski definition) is 4. The van der Waals surface area contributed by atoms with Crippen LogP contribution < -0.4 is 9.47 Å². The molecule has 3 rings (SSSR count).